The number of aryl methyl sites for hydroxylation is 1. The number of carboxylic acid groups (broad SMARTS) is 1. The summed E-state index contributed by atoms with van der Waals surface area (Å²) in [4.78, 5) is 45.1. The Morgan fingerprint density at radius 1 is 1.08 bits per heavy atom. The molecular formula is C39H48N7O4+. The van der Waals surface area contributed by atoms with Crippen molar-refractivity contribution in [3.05, 3.63) is 99.0 Å². The molecule has 1 aliphatic heterocycles. The van der Waals surface area contributed by atoms with E-state index in [9.17, 15) is 9.59 Å². The van der Waals surface area contributed by atoms with Gasteiger partial charge in [0.15, 0.2) is 12.1 Å². The Morgan fingerprint density at radius 2 is 1.82 bits per heavy atom. The summed E-state index contributed by atoms with van der Waals surface area (Å²) in [5, 5.41) is 19.1. The lowest BCUT2D eigenvalue weighted by molar-refractivity contribution is -0.906. The molecule has 3 aliphatic rings. The second kappa shape index (κ2) is 15.4. The quantitative estimate of drug-likeness (QED) is 0.223. The van der Waals surface area contributed by atoms with E-state index in [1.54, 1.807) is 22.0 Å². The summed E-state index contributed by atoms with van der Waals surface area (Å²) in [5.74, 6) is 1.01. The first-order valence-corrected chi connectivity index (χ1v) is 17.8. The smallest absolute Gasteiger partial charge is 0.290 e. The van der Waals surface area contributed by atoms with Crippen molar-refractivity contribution in [2.24, 2.45) is 11.3 Å². The van der Waals surface area contributed by atoms with Crippen LogP contribution >= 0.6 is 0 Å². The highest BCUT2D eigenvalue weighted by Gasteiger charge is 2.32. The number of hydrogen-bond donors (Lipinski definition) is 3. The number of tetrazole rings is 1. The van der Waals surface area contributed by atoms with Gasteiger partial charge < -0.3 is 15.0 Å². The minimum atomic E-state index is -0.250. The molecule has 0 spiro atoms. The molecular weight excluding hydrogens is 630 g/mol. The molecule has 2 atom stereocenters. The molecule has 4 heterocycles. The lowest BCUT2D eigenvalue weighted by Gasteiger charge is -2.34. The van der Waals surface area contributed by atoms with E-state index in [-0.39, 0.29) is 29.1 Å². The molecule has 0 radical (unpaired) electrons. The Labute approximate surface area is 292 Å². The van der Waals surface area contributed by atoms with Gasteiger partial charge in [-0.2, -0.15) is 4.80 Å². The monoisotopic (exact) mass is 678 g/mol. The molecule has 0 bridgehead atoms. The van der Waals surface area contributed by atoms with Gasteiger partial charge in [-0.15, -0.1) is 10.2 Å². The van der Waals surface area contributed by atoms with Gasteiger partial charge in [0.25, 0.3) is 6.47 Å². The first-order valence-electron chi connectivity index (χ1n) is 17.8. The zero-order valence-corrected chi connectivity index (χ0v) is 29.3. The number of carbonyl (C=O) groups excluding carboxylic acids is 1. The van der Waals surface area contributed by atoms with Crippen LogP contribution in [-0.4, -0.2) is 67.2 Å². The van der Waals surface area contributed by atoms with E-state index < -0.39 is 0 Å². The number of H-pyrrole nitrogens is 1. The lowest BCUT2D eigenvalue weighted by atomic mass is 9.71. The SMILES string of the molecule is CC(C)(C)[C@H]1CCc2nc3c(cc2C1)C=C(C(=O)C[C@H](CC[NH+]1CCC(n2ncnn2)CC1)c1ccc(-c2ccc(=O)[nH]c2)cc1)C3.O=CO. The average molecular weight is 679 g/mol. The molecule has 11 heteroatoms. The van der Waals surface area contributed by atoms with Gasteiger partial charge in [-0.1, -0.05) is 45.0 Å². The van der Waals surface area contributed by atoms with Crippen LogP contribution in [-0.2, 0) is 28.9 Å². The lowest BCUT2D eigenvalue weighted by Crippen LogP contribution is -3.13. The van der Waals surface area contributed by atoms with E-state index in [2.05, 4.69) is 77.6 Å². The van der Waals surface area contributed by atoms with Gasteiger partial charge in [0.05, 0.1) is 31.4 Å². The van der Waals surface area contributed by atoms with Gasteiger partial charge >= 0.3 is 0 Å². The van der Waals surface area contributed by atoms with Crippen LogP contribution in [0.2, 0.25) is 0 Å². The normalized spacial score (nSPS) is 20.5. The number of pyridine rings is 2. The number of quaternary nitrogens is 1. The standard InChI is InChI=1S/C38H45N7O2.CH2O2/c1-38(2,3)32-9-10-34-30(20-32)18-29-19-31(21-35(29)42-34)36(46)22-27(12-15-44-16-13-33(14-17-44)45-41-24-40-43-45)25-4-6-26(7-5-25)28-8-11-37(47)39-23-28;2-1-3/h4-8,11,18-19,23-24,27,32-33H,9-10,12-17,20-22H2,1-3H3,(H,39,47);1H,(H,2,3)/p+1/t27-,32-;/m0./s1. The van der Waals surface area contributed by atoms with Crippen LogP contribution in [0, 0.1) is 11.3 Å². The fourth-order valence-corrected chi connectivity index (χ4v) is 7.82. The van der Waals surface area contributed by atoms with Crippen LogP contribution in [0.4, 0.5) is 0 Å². The molecule has 1 aromatic carbocycles. The van der Waals surface area contributed by atoms with E-state index in [0.717, 1.165) is 79.7 Å². The van der Waals surface area contributed by atoms with Crippen molar-refractivity contribution in [3.63, 3.8) is 0 Å². The highest BCUT2D eigenvalue weighted by molar-refractivity contribution is 6.02. The Morgan fingerprint density at radius 3 is 2.48 bits per heavy atom. The molecule has 2 aliphatic carbocycles. The first kappa shape index (κ1) is 35.1. The van der Waals surface area contributed by atoms with Gasteiger partial charge in [0.1, 0.15) is 0 Å². The first-order chi connectivity index (χ1) is 24.1. The average Bonchev–Trinajstić information content (AvgIpc) is 3.80. The van der Waals surface area contributed by atoms with Crippen LogP contribution < -0.4 is 10.5 Å². The van der Waals surface area contributed by atoms with Crippen molar-refractivity contribution in [2.45, 2.75) is 84.1 Å². The molecule has 0 amide bonds. The third-order valence-electron chi connectivity index (χ3n) is 10.9. The number of ketones is 1. The van der Waals surface area contributed by atoms with Crippen molar-refractivity contribution in [1.29, 1.82) is 0 Å². The number of rotatable bonds is 9. The van der Waals surface area contributed by atoms with Gasteiger partial charge in [0, 0.05) is 55.6 Å². The second-order valence-corrected chi connectivity index (χ2v) is 15.1. The number of aromatic amines is 1. The predicted molar refractivity (Wildman–Crippen MR) is 191 cm³/mol. The number of nitrogens with zero attached hydrogens (tertiary/aromatic N) is 5. The van der Waals surface area contributed by atoms with Gasteiger partial charge in [0.2, 0.25) is 5.56 Å². The van der Waals surface area contributed by atoms with E-state index in [0.29, 0.717) is 24.8 Å². The molecule has 4 aromatic rings. The molecule has 1 fully saturated rings. The maximum atomic E-state index is 14.0. The van der Waals surface area contributed by atoms with Gasteiger partial charge in [-0.3, -0.25) is 19.4 Å². The largest absolute Gasteiger partial charge is 0.483 e. The number of aromatic nitrogens is 6. The zero-order valence-electron chi connectivity index (χ0n) is 29.3. The maximum Gasteiger partial charge on any atom is 0.290 e. The summed E-state index contributed by atoms with van der Waals surface area (Å²) in [6, 6.07) is 14.6. The van der Waals surface area contributed by atoms with Crippen LogP contribution in [0.1, 0.15) is 92.9 Å². The van der Waals surface area contributed by atoms with Crippen molar-refractivity contribution >= 4 is 18.3 Å². The predicted octanol–water partition coefficient (Wildman–Crippen LogP) is 4.27. The van der Waals surface area contributed by atoms with Gasteiger partial charge in [-0.25, -0.2) is 0 Å². The van der Waals surface area contributed by atoms with Crippen LogP contribution in [0.15, 0.2) is 65.4 Å². The molecule has 7 rings (SSSR count). The number of fused-ring (bicyclic) bond motifs is 2. The van der Waals surface area contributed by atoms with Gasteiger partial charge in [-0.05, 0) is 87.8 Å². The number of Topliss-reactive ketones (excluding diaryl/α,β-unsaturated/α-hetero) is 1. The Bertz CT molecular complexity index is 1850. The van der Waals surface area contributed by atoms with E-state index in [4.69, 9.17) is 14.9 Å². The minimum absolute atomic E-state index is 0.110. The topological polar surface area (TPSA) is 148 Å². The molecule has 0 unspecified atom stereocenters. The van der Waals surface area contributed by atoms with Crippen molar-refractivity contribution < 1.29 is 19.6 Å². The number of carbonyl (C=O) groups is 2. The number of benzene rings is 1. The maximum absolute atomic E-state index is 14.0. The number of likely N-dealkylation sites (tertiary alicyclic amines) is 1. The van der Waals surface area contributed by atoms with Crippen LogP contribution in [0.25, 0.3) is 17.2 Å². The fourth-order valence-electron chi connectivity index (χ4n) is 7.82. The fraction of sp³-hybridized carbons (Fsp3) is 0.462. The molecule has 50 heavy (non-hydrogen) atoms. The Balaban J connectivity index is 0.00000139. The van der Waals surface area contributed by atoms with E-state index >= 15 is 0 Å². The summed E-state index contributed by atoms with van der Waals surface area (Å²) < 4.78 is 0. The summed E-state index contributed by atoms with van der Waals surface area (Å²) in [5.41, 5.74) is 9.07. The van der Waals surface area contributed by atoms with Crippen molar-refractivity contribution in [2.75, 3.05) is 19.6 Å². The van der Waals surface area contributed by atoms with Crippen LogP contribution in [0.3, 0.4) is 0 Å². The second-order valence-electron chi connectivity index (χ2n) is 15.1. The molecule has 3 N–H and O–H groups in total. The summed E-state index contributed by atoms with van der Waals surface area (Å²) in [6.07, 6.45) is 12.8. The van der Waals surface area contributed by atoms with E-state index in [1.807, 2.05) is 6.07 Å². The minimum Gasteiger partial charge on any atom is -0.483 e. The molecule has 1 saturated heterocycles. The Hall–Kier alpha value is -4.77. The molecule has 0 saturated carbocycles. The zero-order chi connectivity index (χ0) is 35.3. The summed E-state index contributed by atoms with van der Waals surface area (Å²) in [7, 11) is 0. The highest BCUT2D eigenvalue weighted by atomic mass is 16.3. The van der Waals surface area contributed by atoms with Crippen molar-refractivity contribution in [3.8, 4) is 11.1 Å². The third kappa shape index (κ3) is 8.33. The highest BCUT2D eigenvalue weighted by Crippen LogP contribution is 2.39. The number of allylic oxidation sites excluding steroid dienone is 1. The third-order valence-corrected chi connectivity index (χ3v) is 10.9. The molecule has 11 nitrogen and oxygen atoms in total. The Kier molecular flexibility index (Phi) is 10.8. The molecule has 3 aromatic heterocycles. The summed E-state index contributed by atoms with van der Waals surface area (Å²) in [6.45, 7) is 9.91. The van der Waals surface area contributed by atoms with E-state index in [1.165, 1.54) is 29.6 Å². The number of nitrogens with one attached hydrogen (secondary N) is 2. The number of hydrogen-bond acceptors (Lipinski definition) is 7. The van der Waals surface area contributed by atoms with Crippen molar-refractivity contribution in [1.82, 2.24) is 30.2 Å². The molecule has 262 valence electrons. The van der Waals surface area contributed by atoms with Crippen LogP contribution in [0.5, 0.6) is 0 Å². The number of piperidine rings is 1. The summed E-state index contributed by atoms with van der Waals surface area (Å²) >= 11 is 0.